The number of anilines is 2. The van der Waals surface area contributed by atoms with E-state index in [1.54, 1.807) is 23.1 Å². The molecule has 0 spiro atoms. The first-order chi connectivity index (χ1) is 15.4. The summed E-state index contributed by atoms with van der Waals surface area (Å²) in [5.41, 5.74) is 1.32. The maximum atomic E-state index is 13.0. The smallest absolute Gasteiger partial charge is 0.244 e. The standard InChI is InChI=1S/C23H36N4O4S/c1-3-27(4-2)32(30,31)19-12-13-21(25-14-9-10-15-25)20(17-19)24-22(28)18-26-16-8-6-5-7-11-23(26)29/h12-13,17H,3-11,14-16,18H2,1-2H3,(H,24,28). The highest BCUT2D eigenvalue weighted by Gasteiger charge is 2.26. The number of amides is 2. The third-order valence-electron chi connectivity index (χ3n) is 6.29. The van der Waals surface area contributed by atoms with Crippen molar-refractivity contribution in [2.75, 3.05) is 49.5 Å². The van der Waals surface area contributed by atoms with Gasteiger partial charge in [-0.3, -0.25) is 9.59 Å². The van der Waals surface area contributed by atoms with Gasteiger partial charge in [0.1, 0.15) is 0 Å². The van der Waals surface area contributed by atoms with Gasteiger partial charge in [-0.15, -0.1) is 0 Å². The monoisotopic (exact) mass is 464 g/mol. The second-order valence-corrected chi connectivity index (χ2v) is 10.4. The van der Waals surface area contributed by atoms with E-state index in [0.717, 1.165) is 57.3 Å². The number of benzene rings is 1. The quantitative estimate of drug-likeness (QED) is 0.639. The number of carbonyl (C=O) groups is 2. The van der Waals surface area contributed by atoms with Crippen LogP contribution in [-0.4, -0.2) is 68.7 Å². The van der Waals surface area contributed by atoms with Crippen LogP contribution >= 0.6 is 0 Å². The van der Waals surface area contributed by atoms with Gasteiger partial charge in [-0.1, -0.05) is 26.7 Å². The molecule has 1 aromatic carbocycles. The summed E-state index contributed by atoms with van der Waals surface area (Å²) in [4.78, 5) is 29.3. The van der Waals surface area contributed by atoms with Crippen LogP contribution in [0.15, 0.2) is 23.1 Å². The van der Waals surface area contributed by atoms with Gasteiger partial charge in [-0.25, -0.2) is 8.42 Å². The van der Waals surface area contributed by atoms with E-state index in [1.165, 1.54) is 4.31 Å². The van der Waals surface area contributed by atoms with Crippen molar-refractivity contribution < 1.29 is 18.0 Å². The fourth-order valence-corrected chi connectivity index (χ4v) is 5.95. The molecule has 0 saturated carbocycles. The predicted molar refractivity (Wildman–Crippen MR) is 126 cm³/mol. The number of likely N-dealkylation sites (tertiary alicyclic amines) is 1. The summed E-state index contributed by atoms with van der Waals surface area (Å²) in [5.74, 6) is -0.283. The van der Waals surface area contributed by atoms with Gasteiger partial charge < -0.3 is 15.1 Å². The average Bonchev–Trinajstić information content (AvgIpc) is 3.29. The third-order valence-corrected chi connectivity index (χ3v) is 8.33. The number of sulfonamides is 1. The van der Waals surface area contributed by atoms with Crippen molar-refractivity contribution in [1.82, 2.24) is 9.21 Å². The van der Waals surface area contributed by atoms with Crippen LogP contribution in [0.4, 0.5) is 11.4 Å². The molecule has 2 saturated heterocycles. The SMILES string of the molecule is CCN(CC)S(=O)(=O)c1ccc(N2CCCC2)c(NC(=O)CN2CCCCCCC2=O)c1. The van der Waals surface area contributed by atoms with Crippen molar-refractivity contribution in [3.63, 3.8) is 0 Å². The summed E-state index contributed by atoms with van der Waals surface area (Å²) in [6.07, 6.45) is 6.49. The lowest BCUT2D eigenvalue weighted by Gasteiger charge is -2.26. The van der Waals surface area contributed by atoms with Crippen molar-refractivity contribution >= 4 is 33.2 Å². The van der Waals surface area contributed by atoms with Gasteiger partial charge >= 0.3 is 0 Å². The van der Waals surface area contributed by atoms with E-state index in [1.807, 2.05) is 13.8 Å². The summed E-state index contributed by atoms with van der Waals surface area (Å²) in [5, 5.41) is 2.92. The minimum atomic E-state index is -3.65. The Kier molecular flexibility index (Phi) is 8.53. The molecular weight excluding hydrogens is 428 g/mol. The Morgan fingerprint density at radius 3 is 2.34 bits per heavy atom. The molecule has 32 heavy (non-hydrogen) atoms. The second-order valence-electron chi connectivity index (χ2n) is 8.49. The first-order valence-electron chi connectivity index (χ1n) is 11.8. The topological polar surface area (TPSA) is 90.0 Å². The first kappa shape index (κ1) is 24.5. The van der Waals surface area contributed by atoms with Gasteiger partial charge in [-0.05, 0) is 43.9 Å². The van der Waals surface area contributed by atoms with Gasteiger partial charge in [0.05, 0.1) is 22.8 Å². The second kappa shape index (κ2) is 11.1. The lowest BCUT2D eigenvalue weighted by molar-refractivity contribution is -0.135. The summed E-state index contributed by atoms with van der Waals surface area (Å²) in [6.45, 7) is 6.70. The van der Waals surface area contributed by atoms with Gasteiger partial charge in [-0.2, -0.15) is 4.31 Å². The van der Waals surface area contributed by atoms with Crippen LogP contribution < -0.4 is 10.2 Å². The highest BCUT2D eigenvalue weighted by molar-refractivity contribution is 7.89. The Labute approximate surface area is 192 Å². The third kappa shape index (κ3) is 5.81. The van der Waals surface area contributed by atoms with E-state index in [0.29, 0.717) is 31.7 Å². The van der Waals surface area contributed by atoms with Gasteiger partial charge in [0.15, 0.2) is 0 Å². The lowest BCUT2D eigenvalue weighted by atomic mass is 10.1. The summed E-state index contributed by atoms with van der Waals surface area (Å²) < 4.78 is 27.5. The van der Waals surface area contributed by atoms with E-state index >= 15 is 0 Å². The number of carbonyl (C=O) groups excluding carboxylic acids is 2. The highest BCUT2D eigenvalue weighted by atomic mass is 32.2. The molecule has 0 bridgehead atoms. The Morgan fingerprint density at radius 2 is 1.66 bits per heavy atom. The maximum absolute atomic E-state index is 13.0. The van der Waals surface area contributed by atoms with Crippen LogP contribution in [-0.2, 0) is 19.6 Å². The van der Waals surface area contributed by atoms with Crippen LogP contribution in [0.1, 0.15) is 58.8 Å². The number of hydrogen-bond donors (Lipinski definition) is 1. The van der Waals surface area contributed by atoms with Crippen LogP contribution in [0.5, 0.6) is 0 Å². The van der Waals surface area contributed by atoms with E-state index in [4.69, 9.17) is 0 Å². The number of hydrogen-bond acceptors (Lipinski definition) is 5. The molecule has 3 rings (SSSR count). The zero-order valence-corrected chi connectivity index (χ0v) is 20.1. The molecule has 0 aliphatic carbocycles. The van der Waals surface area contributed by atoms with E-state index in [-0.39, 0.29) is 23.3 Å². The molecule has 8 nitrogen and oxygen atoms in total. The Morgan fingerprint density at radius 1 is 1.00 bits per heavy atom. The summed E-state index contributed by atoms with van der Waals surface area (Å²) in [7, 11) is -3.65. The fraction of sp³-hybridized carbons (Fsp3) is 0.652. The van der Waals surface area contributed by atoms with Crippen molar-refractivity contribution in [3.05, 3.63) is 18.2 Å². The van der Waals surface area contributed by atoms with Crippen molar-refractivity contribution in [1.29, 1.82) is 0 Å². The summed E-state index contributed by atoms with van der Waals surface area (Å²) in [6, 6.07) is 4.98. The molecule has 2 heterocycles. The zero-order chi connectivity index (χ0) is 23.1. The van der Waals surface area contributed by atoms with E-state index in [9.17, 15) is 18.0 Å². The van der Waals surface area contributed by atoms with Gasteiger partial charge in [0, 0.05) is 39.1 Å². The molecule has 178 valence electrons. The molecule has 2 aliphatic rings. The van der Waals surface area contributed by atoms with Gasteiger partial charge in [0.25, 0.3) is 0 Å². The highest BCUT2D eigenvalue weighted by Crippen LogP contribution is 2.32. The Balaban J connectivity index is 1.85. The number of nitrogens with one attached hydrogen (secondary N) is 1. The largest absolute Gasteiger partial charge is 0.370 e. The lowest BCUT2D eigenvalue weighted by Crippen LogP contribution is -2.39. The van der Waals surface area contributed by atoms with Crippen LogP contribution in [0.25, 0.3) is 0 Å². The van der Waals surface area contributed by atoms with Gasteiger partial charge in [0.2, 0.25) is 21.8 Å². The molecule has 0 unspecified atom stereocenters. The molecule has 1 aromatic rings. The van der Waals surface area contributed by atoms with E-state index in [2.05, 4.69) is 10.2 Å². The number of nitrogens with zero attached hydrogens (tertiary/aromatic N) is 3. The Bertz CT molecular complexity index is 909. The van der Waals surface area contributed by atoms with Crippen LogP contribution in [0, 0.1) is 0 Å². The van der Waals surface area contributed by atoms with Crippen molar-refractivity contribution in [2.24, 2.45) is 0 Å². The molecule has 9 heteroatoms. The molecule has 0 radical (unpaired) electrons. The fourth-order valence-electron chi connectivity index (χ4n) is 4.47. The average molecular weight is 465 g/mol. The molecule has 2 amide bonds. The molecule has 1 N–H and O–H groups in total. The molecular formula is C23H36N4O4S. The minimum Gasteiger partial charge on any atom is -0.370 e. The van der Waals surface area contributed by atoms with Crippen LogP contribution in [0.3, 0.4) is 0 Å². The molecule has 2 fully saturated rings. The van der Waals surface area contributed by atoms with Crippen molar-refractivity contribution in [3.8, 4) is 0 Å². The molecule has 2 aliphatic heterocycles. The predicted octanol–water partition coefficient (Wildman–Crippen LogP) is 3.05. The number of rotatable bonds is 8. The zero-order valence-electron chi connectivity index (χ0n) is 19.3. The molecule has 0 aromatic heterocycles. The minimum absolute atomic E-state index is 0.00863. The normalized spacial score (nSPS) is 18.0. The van der Waals surface area contributed by atoms with Crippen molar-refractivity contribution in [2.45, 2.75) is 63.7 Å². The maximum Gasteiger partial charge on any atom is 0.244 e. The summed E-state index contributed by atoms with van der Waals surface area (Å²) >= 11 is 0. The van der Waals surface area contributed by atoms with E-state index < -0.39 is 10.0 Å². The first-order valence-corrected chi connectivity index (χ1v) is 13.3. The Hall–Kier alpha value is -2.13. The van der Waals surface area contributed by atoms with Crippen LogP contribution in [0.2, 0.25) is 0 Å². The molecule has 0 atom stereocenters.